The summed E-state index contributed by atoms with van der Waals surface area (Å²) in [7, 11) is 0. The first-order valence-corrected chi connectivity index (χ1v) is 7.20. The number of nitrogens with zero attached hydrogens (tertiary/aromatic N) is 2. The molecule has 0 bridgehead atoms. The Morgan fingerprint density at radius 1 is 1.35 bits per heavy atom. The van der Waals surface area contributed by atoms with E-state index in [1.54, 1.807) is 6.26 Å². The Bertz CT molecular complexity index is 561. The molecule has 0 radical (unpaired) electrons. The third kappa shape index (κ3) is 3.08. The van der Waals surface area contributed by atoms with Crippen LogP contribution in [0.5, 0.6) is 0 Å². The largest absolute Gasteiger partial charge is 0.444 e. The molecule has 1 aromatic carbocycles. The SMILES string of the molecule is Cc1ccc(-c2nc(CN3CCCC(N)C3)co2)cc1. The number of rotatable bonds is 3. The molecule has 0 aliphatic carbocycles. The second-order valence-electron chi connectivity index (χ2n) is 5.65. The highest BCUT2D eigenvalue weighted by Crippen LogP contribution is 2.20. The van der Waals surface area contributed by atoms with Crippen LogP contribution in [0, 0.1) is 6.92 Å². The van der Waals surface area contributed by atoms with E-state index in [2.05, 4.69) is 28.9 Å². The lowest BCUT2D eigenvalue weighted by molar-refractivity contribution is 0.199. The Morgan fingerprint density at radius 3 is 2.90 bits per heavy atom. The number of likely N-dealkylation sites (tertiary alicyclic amines) is 1. The molecule has 3 rings (SSSR count). The Morgan fingerprint density at radius 2 is 2.15 bits per heavy atom. The lowest BCUT2D eigenvalue weighted by atomic mass is 10.1. The molecule has 0 amide bonds. The van der Waals surface area contributed by atoms with Crippen LogP contribution in [0.1, 0.15) is 24.1 Å². The van der Waals surface area contributed by atoms with Crippen LogP contribution in [0.15, 0.2) is 34.9 Å². The van der Waals surface area contributed by atoms with E-state index < -0.39 is 0 Å². The zero-order valence-corrected chi connectivity index (χ0v) is 11.9. The molecule has 1 aliphatic rings. The zero-order chi connectivity index (χ0) is 13.9. The lowest BCUT2D eigenvalue weighted by Crippen LogP contribution is -2.42. The molecule has 20 heavy (non-hydrogen) atoms. The van der Waals surface area contributed by atoms with E-state index in [1.807, 2.05) is 12.1 Å². The van der Waals surface area contributed by atoms with Crippen molar-refractivity contribution in [1.29, 1.82) is 0 Å². The monoisotopic (exact) mass is 271 g/mol. The van der Waals surface area contributed by atoms with Gasteiger partial charge in [-0.15, -0.1) is 0 Å². The van der Waals surface area contributed by atoms with E-state index in [-0.39, 0.29) is 0 Å². The summed E-state index contributed by atoms with van der Waals surface area (Å²) in [6.45, 7) is 4.95. The molecule has 1 unspecified atom stereocenters. The van der Waals surface area contributed by atoms with Gasteiger partial charge in [-0.1, -0.05) is 17.7 Å². The number of piperidine rings is 1. The van der Waals surface area contributed by atoms with E-state index in [1.165, 1.54) is 12.0 Å². The highest BCUT2D eigenvalue weighted by Gasteiger charge is 2.18. The molecule has 2 heterocycles. The number of aromatic nitrogens is 1. The lowest BCUT2D eigenvalue weighted by Gasteiger charge is -2.29. The number of hydrogen-bond donors (Lipinski definition) is 1. The first kappa shape index (κ1) is 13.3. The molecular formula is C16H21N3O. The predicted molar refractivity (Wildman–Crippen MR) is 79.2 cm³/mol. The summed E-state index contributed by atoms with van der Waals surface area (Å²) in [6.07, 6.45) is 4.06. The summed E-state index contributed by atoms with van der Waals surface area (Å²) in [5.74, 6) is 0.696. The molecule has 1 saturated heterocycles. The van der Waals surface area contributed by atoms with Crippen molar-refractivity contribution < 1.29 is 4.42 Å². The van der Waals surface area contributed by atoms with Crippen molar-refractivity contribution in [3.05, 3.63) is 41.8 Å². The molecule has 1 fully saturated rings. The molecule has 1 atom stereocenters. The van der Waals surface area contributed by atoms with Gasteiger partial charge >= 0.3 is 0 Å². The van der Waals surface area contributed by atoms with Gasteiger partial charge in [0.15, 0.2) is 0 Å². The van der Waals surface area contributed by atoms with Gasteiger partial charge in [-0.25, -0.2) is 4.98 Å². The summed E-state index contributed by atoms with van der Waals surface area (Å²) < 4.78 is 5.59. The van der Waals surface area contributed by atoms with Crippen LogP contribution < -0.4 is 5.73 Å². The van der Waals surface area contributed by atoms with Crippen LogP contribution >= 0.6 is 0 Å². The van der Waals surface area contributed by atoms with Crippen LogP contribution in [0.4, 0.5) is 0 Å². The number of nitrogens with two attached hydrogens (primary N) is 1. The molecule has 2 aromatic rings. The number of oxazole rings is 1. The normalized spacial score (nSPS) is 20.2. The predicted octanol–water partition coefficient (Wildman–Crippen LogP) is 2.57. The van der Waals surface area contributed by atoms with Gasteiger partial charge in [0.1, 0.15) is 6.26 Å². The van der Waals surface area contributed by atoms with Crippen LogP contribution in [0.2, 0.25) is 0 Å². The van der Waals surface area contributed by atoms with Crippen LogP contribution in [0.25, 0.3) is 11.5 Å². The Hall–Kier alpha value is -1.65. The smallest absolute Gasteiger partial charge is 0.226 e. The average molecular weight is 271 g/mol. The number of hydrogen-bond acceptors (Lipinski definition) is 4. The number of aryl methyl sites for hydroxylation is 1. The molecule has 4 nitrogen and oxygen atoms in total. The van der Waals surface area contributed by atoms with E-state index in [0.717, 1.165) is 37.3 Å². The van der Waals surface area contributed by atoms with Crippen LogP contribution in [-0.4, -0.2) is 29.0 Å². The minimum atomic E-state index is 0.298. The first-order chi connectivity index (χ1) is 9.70. The summed E-state index contributed by atoms with van der Waals surface area (Å²) in [5, 5.41) is 0. The van der Waals surface area contributed by atoms with Gasteiger partial charge in [0.05, 0.1) is 5.69 Å². The molecule has 2 N–H and O–H groups in total. The third-order valence-electron chi connectivity index (χ3n) is 3.78. The molecule has 0 spiro atoms. The topological polar surface area (TPSA) is 55.3 Å². The third-order valence-corrected chi connectivity index (χ3v) is 3.78. The maximum Gasteiger partial charge on any atom is 0.226 e. The van der Waals surface area contributed by atoms with Gasteiger partial charge in [0.25, 0.3) is 0 Å². The van der Waals surface area contributed by atoms with Crippen molar-refractivity contribution in [3.8, 4) is 11.5 Å². The fraction of sp³-hybridized carbons (Fsp3) is 0.438. The molecule has 0 saturated carbocycles. The van der Waals surface area contributed by atoms with Gasteiger partial charge in [0.2, 0.25) is 5.89 Å². The zero-order valence-electron chi connectivity index (χ0n) is 11.9. The highest BCUT2D eigenvalue weighted by molar-refractivity contribution is 5.53. The molecule has 106 valence electrons. The van der Waals surface area contributed by atoms with Crippen molar-refractivity contribution in [3.63, 3.8) is 0 Å². The van der Waals surface area contributed by atoms with Gasteiger partial charge in [-0.2, -0.15) is 0 Å². The van der Waals surface area contributed by atoms with Gasteiger partial charge < -0.3 is 10.2 Å². The Labute approximate surface area is 119 Å². The fourth-order valence-corrected chi connectivity index (χ4v) is 2.67. The van der Waals surface area contributed by atoms with E-state index >= 15 is 0 Å². The maximum absolute atomic E-state index is 6.00. The molecule has 4 heteroatoms. The van der Waals surface area contributed by atoms with Crippen LogP contribution in [-0.2, 0) is 6.54 Å². The molecule has 1 aromatic heterocycles. The van der Waals surface area contributed by atoms with Gasteiger partial charge in [-0.3, -0.25) is 4.90 Å². The second-order valence-corrected chi connectivity index (χ2v) is 5.65. The van der Waals surface area contributed by atoms with Crippen LogP contribution in [0.3, 0.4) is 0 Å². The average Bonchev–Trinajstić information content (AvgIpc) is 2.88. The van der Waals surface area contributed by atoms with Crippen molar-refractivity contribution in [2.75, 3.05) is 13.1 Å². The minimum absolute atomic E-state index is 0.298. The summed E-state index contributed by atoms with van der Waals surface area (Å²) in [5.41, 5.74) is 9.25. The summed E-state index contributed by atoms with van der Waals surface area (Å²) >= 11 is 0. The first-order valence-electron chi connectivity index (χ1n) is 7.20. The standard InChI is InChI=1S/C16H21N3O/c1-12-4-6-13(7-5-12)16-18-15(11-20-16)10-19-8-2-3-14(17)9-19/h4-7,11,14H,2-3,8-10,17H2,1H3. The van der Waals surface area contributed by atoms with E-state index in [9.17, 15) is 0 Å². The molecular weight excluding hydrogens is 250 g/mol. The second kappa shape index (κ2) is 5.77. The fourth-order valence-electron chi connectivity index (χ4n) is 2.67. The minimum Gasteiger partial charge on any atom is -0.444 e. The van der Waals surface area contributed by atoms with Crippen molar-refractivity contribution in [1.82, 2.24) is 9.88 Å². The van der Waals surface area contributed by atoms with Gasteiger partial charge in [-0.05, 0) is 38.4 Å². The summed E-state index contributed by atoms with van der Waals surface area (Å²) in [4.78, 5) is 6.93. The Balaban J connectivity index is 1.69. The highest BCUT2D eigenvalue weighted by atomic mass is 16.3. The Kier molecular flexibility index (Phi) is 3.85. The van der Waals surface area contributed by atoms with E-state index in [0.29, 0.717) is 11.9 Å². The van der Waals surface area contributed by atoms with E-state index in [4.69, 9.17) is 10.2 Å². The number of benzene rings is 1. The summed E-state index contributed by atoms with van der Waals surface area (Å²) in [6, 6.07) is 8.53. The van der Waals surface area contributed by atoms with Crippen molar-refractivity contribution in [2.45, 2.75) is 32.4 Å². The van der Waals surface area contributed by atoms with Crippen molar-refractivity contribution in [2.24, 2.45) is 5.73 Å². The maximum atomic E-state index is 6.00. The van der Waals surface area contributed by atoms with Crippen molar-refractivity contribution >= 4 is 0 Å². The van der Waals surface area contributed by atoms with Gasteiger partial charge in [0, 0.05) is 24.7 Å². The quantitative estimate of drug-likeness (QED) is 0.932. The molecule has 1 aliphatic heterocycles.